The molecule has 1 saturated heterocycles. The smallest absolute Gasteiger partial charge is 0.237 e. The van der Waals surface area contributed by atoms with Crippen LogP contribution in [0.2, 0.25) is 0 Å². The lowest BCUT2D eigenvalue weighted by atomic mass is 9.96. The molecule has 0 aromatic heterocycles. The normalized spacial score (nSPS) is 18.0. The molecule has 0 unspecified atom stereocenters. The van der Waals surface area contributed by atoms with E-state index in [4.69, 9.17) is 0 Å². The third-order valence-electron chi connectivity index (χ3n) is 3.14. The average molecular weight is 262 g/mol. The molecule has 0 aromatic rings. The number of piperidine rings is 1. The molecule has 1 fully saturated rings. The van der Waals surface area contributed by atoms with Crippen molar-refractivity contribution in [3.05, 3.63) is 0 Å². The molecular formula is C11H22N2O3S. The quantitative estimate of drug-likeness (QED) is 0.750. The van der Waals surface area contributed by atoms with Crippen LogP contribution < -0.4 is 5.32 Å². The van der Waals surface area contributed by atoms with E-state index in [0.717, 1.165) is 25.9 Å². The van der Waals surface area contributed by atoms with Gasteiger partial charge in [-0.3, -0.25) is 4.79 Å². The van der Waals surface area contributed by atoms with Gasteiger partial charge in [0.2, 0.25) is 5.91 Å². The van der Waals surface area contributed by atoms with E-state index in [2.05, 4.69) is 5.32 Å². The molecule has 1 rings (SSSR count). The molecule has 0 radical (unpaired) electrons. The van der Waals surface area contributed by atoms with E-state index in [-0.39, 0.29) is 17.4 Å². The highest BCUT2D eigenvalue weighted by molar-refractivity contribution is 7.92. The molecule has 0 aliphatic carbocycles. The molecular weight excluding hydrogens is 240 g/mol. The predicted octanol–water partition coefficient (Wildman–Crippen LogP) is -0.121. The molecule has 1 amide bonds. The van der Waals surface area contributed by atoms with Crippen molar-refractivity contribution in [3.63, 3.8) is 0 Å². The number of hydrogen-bond acceptors (Lipinski definition) is 4. The van der Waals surface area contributed by atoms with Crippen LogP contribution in [0.5, 0.6) is 0 Å². The molecule has 1 aliphatic rings. The van der Waals surface area contributed by atoms with Crippen LogP contribution in [0.3, 0.4) is 0 Å². The summed E-state index contributed by atoms with van der Waals surface area (Å²) in [4.78, 5) is 12.7. The van der Waals surface area contributed by atoms with Gasteiger partial charge in [0, 0.05) is 14.1 Å². The van der Waals surface area contributed by atoms with Crippen molar-refractivity contribution in [2.24, 2.45) is 5.92 Å². The van der Waals surface area contributed by atoms with Crippen LogP contribution in [-0.4, -0.2) is 57.9 Å². The molecule has 5 nitrogen and oxygen atoms in total. The summed E-state index contributed by atoms with van der Waals surface area (Å²) < 4.78 is 23.4. The van der Waals surface area contributed by atoms with Crippen LogP contribution in [0.1, 0.15) is 19.3 Å². The summed E-state index contributed by atoms with van der Waals surface area (Å²) in [5, 5.41) is 3.25. The lowest BCUT2D eigenvalue weighted by Gasteiger charge is -2.22. The number of nitrogens with zero attached hydrogens (tertiary/aromatic N) is 1. The van der Waals surface area contributed by atoms with E-state index in [0.29, 0.717) is 12.3 Å². The van der Waals surface area contributed by atoms with Gasteiger partial charge >= 0.3 is 0 Å². The first-order valence-electron chi connectivity index (χ1n) is 6.02. The maximum atomic E-state index is 11.7. The number of amides is 1. The maximum absolute atomic E-state index is 11.7. The molecule has 0 spiro atoms. The maximum Gasteiger partial charge on any atom is 0.237 e. The largest absolute Gasteiger partial charge is 0.348 e. The Morgan fingerprint density at radius 3 is 2.41 bits per heavy atom. The topological polar surface area (TPSA) is 66.5 Å². The highest BCUT2D eigenvalue weighted by Gasteiger charge is 2.21. The van der Waals surface area contributed by atoms with E-state index < -0.39 is 9.84 Å². The Kier molecular flexibility index (Phi) is 5.39. The zero-order valence-electron chi connectivity index (χ0n) is 10.6. The third kappa shape index (κ3) is 5.50. The van der Waals surface area contributed by atoms with Gasteiger partial charge in [-0.25, -0.2) is 8.42 Å². The van der Waals surface area contributed by atoms with E-state index in [1.165, 1.54) is 4.90 Å². The molecule has 1 heterocycles. The molecule has 100 valence electrons. The summed E-state index contributed by atoms with van der Waals surface area (Å²) in [5.74, 6) is -0.0711. The van der Waals surface area contributed by atoms with E-state index in [1.807, 2.05) is 0 Å². The first-order chi connectivity index (χ1) is 7.91. The fraction of sp³-hybridized carbons (Fsp3) is 0.909. The van der Waals surface area contributed by atoms with Gasteiger partial charge in [0.25, 0.3) is 0 Å². The molecule has 0 saturated carbocycles. The molecule has 17 heavy (non-hydrogen) atoms. The second-order valence-electron chi connectivity index (χ2n) is 4.86. The molecule has 1 aliphatic heterocycles. The summed E-state index contributed by atoms with van der Waals surface area (Å²) in [6, 6.07) is 0. The van der Waals surface area contributed by atoms with E-state index in [1.54, 1.807) is 14.1 Å². The predicted molar refractivity (Wildman–Crippen MR) is 67.6 cm³/mol. The minimum absolute atomic E-state index is 0.136. The molecule has 1 N–H and O–H groups in total. The highest BCUT2D eigenvalue weighted by atomic mass is 32.2. The summed E-state index contributed by atoms with van der Waals surface area (Å²) >= 11 is 0. The monoisotopic (exact) mass is 262 g/mol. The van der Waals surface area contributed by atoms with Gasteiger partial charge < -0.3 is 10.2 Å². The van der Waals surface area contributed by atoms with Gasteiger partial charge in [-0.15, -0.1) is 0 Å². The zero-order valence-corrected chi connectivity index (χ0v) is 11.4. The minimum atomic E-state index is -3.24. The van der Waals surface area contributed by atoms with Crippen molar-refractivity contribution in [2.75, 3.05) is 38.7 Å². The van der Waals surface area contributed by atoms with Gasteiger partial charge in [-0.05, 0) is 38.3 Å². The summed E-state index contributed by atoms with van der Waals surface area (Å²) in [6.45, 7) is 1.95. The van der Waals surface area contributed by atoms with Crippen LogP contribution in [0.15, 0.2) is 0 Å². The summed E-state index contributed by atoms with van der Waals surface area (Å²) in [7, 11) is -0.0887. The van der Waals surface area contributed by atoms with Crippen LogP contribution in [0.4, 0.5) is 0 Å². The van der Waals surface area contributed by atoms with Crippen LogP contribution in [-0.2, 0) is 14.6 Å². The van der Waals surface area contributed by atoms with E-state index >= 15 is 0 Å². The zero-order chi connectivity index (χ0) is 12.9. The Balaban J connectivity index is 2.36. The van der Waals surface area contributed by atoms with Gasteiger partial charge in [0.1, 0.15) is 5.75 Å². The molecule has 0 bridgehead atoms. The number of rotatable bonds is 5. The average Bonchev–Trinajstić information content (AvgIpc) is 2.27. The SMILES string of the molecule is CN(C)C(=O)CS(=O)(=O)CCC1CCNCC1. The Morgan fingerprint density at radius 1 is 1.29 bits per heavy atom. The van der Waals surface area contributed by atoms with Crippen molar-refractivity contribution in [3.8, 4) is 0 Å². The summed E-state index contributed by atoms with van der Waals surface area (Å²) in [5.41, 5.74) is 0. The van der Waals surface area contributed by atoms with Gasteiger partial charge in [-0.2, -0.15) is 0 Å². The molecule has 6 heteroatoms. The molecule has 0 atom stereocenters. The standard InChI is InChI=1S/C11H22N2O3S/c1-13(2)11(14)9-17(15,16)8-5-10-3-6-12-7-4-10/h10,12H,3-9H2,1-2H3. The first-order valence-corrected chi connectivity index (χ1v) is 7.84. The van der Waals surface area contributed by atoms with Gasteiger partial charge in [0.15, 0.2) is 9.84 Å². The second-order valence-corrected chi connectivity index (χ2v) is 7.05. The number of sulfone groups is 1. The number of carbonyl (C=O) groups excluding carboxylic acids is 1. The Labute approximate surface area is 103 Å². The molecule has 0 aromatic carbocycles. The lowest BCUT2D eigenvalue weighted by molar-refractivity contribution is -0.125. The van der Waals surface area contributed by atoms with E-state index in [9.17, 15) is 13.2 Å². The van der Waals surface area contributed by atoms with Crippen molar-refractivity contribution in [2.45, 2.75) is 19.3 Å². The van der Waals surface area contributed by atoms with Crippen LogP contribution in [0.25, 0.3) is 0 Å². The van der Waals surface area contributed by atoms with Crippen molar-refractivity contribution < 1.29 is 13.2 Å². The summed E-state index contributed by atoms with van der Waals surface area (Å²) in [6.07, 6.45) is 2.76. The van der Waals surface area contributed by atoms with Gasteiger partial charge in [0.05, 0.1) is 5.75 Å². The number of hydrogen-bond donors (Lipinski definition) is 1. The second kappa shape index (κ2) is 6.35. The van der Waals surface area contributed by atoms with Crippen molar-refractivity contribution >= 4 is 15.7 Å². The number of carbonyl (C=O) groups is 1. The Bertz CT molecular complexity index is 346. The Morgan fingerprint density at radius 2 is 1.88 bits per heavy atom. The lowest BCUT2D eigenvalue weighted by Crippen LogP contribution is -2.32. The fourth-order valence-electron chi connectivity index (χ4n) is 1.91. The third-order valence-corrected chi connectivity index (χ3v) is 4.68. The van der Waals surface area contributed by atoms with Crippen LogP contribution in [0, 0.1) is 5.92 Å². The van der Waals surface area contributed by atoms with Crippen molar-refractivity contribution in [1.29, 1.82) is 0 Å². The Hall–Kier alpha value is -0.620. The number of nitrogens with one attached hydrogen (secondary N) is 1. The fourth-order valence-corrected chi connectivity index (χ4v) is 3.38. The van der Waals surface area contributed by atoms with Crippen molar-refractivity contribution in [1.82, 2.24) is 10.2 Å². The minimum Gasteiger partial charge on any atom is -0.348 e. The highest BCUT2D eigenvalue weighted by Crippen LogP contribution is 2.16. The first kappa shape index (κ1) is 14.4. The van der Waals surface area contributed by atoms with Gasteiger partial charge in [-0.1, -0.05) is 0 Å². The van der Waals surface area contributed by atoms with Crippen LogP contribution >= 0.6 is 0 Å².